The van der Waals surface area contributed by atoms with Crippen molar-refractivity contribution in [2.75, 3.05) is 5.32 Å². The summed E-state index contributed by atoms with van der Waals surface area (Å²) in [6.45, 7) is 8.66. The zero-order valence-electron chi connectivity index (χ0n) is 11.7. The van der Waals surface area contributed by atoms with Crippen LogP contribution in [0.2, 0.25) is 5.15 Å². The molecule has 1 aliphatic carbocycles. The lowest BCUT2D eigenvalue weighted by Gasteiger charge is -2.29. The van der Waals surface area contributed by atoms with Gasteiger partial charge in [0, 0.05) is 18.0 Å². The van der Waals surface area contributed by atoms with Crippen LogP contribution in [0.25, 0.3) is 0 Å². The van der Waals surface area contributed by atoms with E-state index in [1.807, 2.05) is 13.8 Å². The fourth-order valence-electron chi connectivity index (χ4n) is 2.59. The second-order valence-corrected chi connectivity index (χ2v) is 6.19. The zero-order valence-corrected chi connectivity index (χ0v) is 12.4. The summed E-state index contributed by atoms with van der Waals surface area (Å²) in [7, 11) is 0. The first kappa shape index (κ1) is 13.6. The minimum Gasteiger partial charge on any atom is -0.366 e. The molecule has 0 bridgehead atoms. The molecule has 1 atom stereocenters. The SMILES string of the molecule is CCc1nc(Cl)c(C)c(NC2CCCC2(C)C)n1. The summed E-state index contributed by atoms with van der Waals surface area (Å²) in [5.74, 6) is 1.72. The molecule has 4 heteroatoms. The molecule has 1 fully saturated rings. The Balaban J connectivity index is 2.26. The molecular weight excluding hydrogens is 246 g/mol. The maximum Gasteiger partial charge on any atom is 0.137 e. The fourth-order valence-corrected chi connectivity index (χ4v) is 2.78. The van der Waals surface area contributed by atoms with Crippen LogP contribution in [0.15, 0.2) is 0 Å². The highest BCUT2D eigenvalue weighted by Crippen LogP contribution is 2.39. The van der Waals surface area contributed by atoms with Gasteiger partial charge in [-0.3, -0.25) is 0 Å². The molecule has 18 heavy (non-hydrogen) atoms. The van der Waals surface area contributed by atoms with Gasteiger partial charge in [0.2, 0.25) is 0 Å². The Morgan fingerprint density at radius 1 is 1.39 bits per heavy atom. The van der Waals surface area contributed by atoms with Gasteiger partial charge in [0.15, 0.2) is 0 Å². The quantitative estimate of drug-likeness (QED) is 0.842. The molecule has 100 valence electrons. The van der Waals surface area contributed by atoms with Crippen LogP contribution in [0.5, 0.6) is 0 Å². The second kappa shape index (κ2) is 5.04. The predicted octanol–water partition coefficient (Wildman–Crippen LogP) is 3.99. The molecule has 0 saturated heterocycles. The number of rotatable bonds is 3. The number of hydrogen-bond acceptors (Lipinski definition) is 3. The van der Waals surface area contributed by atoms with Crippen LogP contribution in [0.4, 0.5) is 5.82 Å². The van der Waals surface area contributed by atoms with Crippen molar-refractivity contribution in [3.8, 4) is 0 Å². The maximum absolute atomic E-state index is 6.16. The van der Waals surface area contributed by atoms with Crippen molar-refractivity contribution >= 4 is 17.4 Å². The number of aromatic nitrogens is 2. The van der Waals surface area contributed by atoms with Crippen LogP contribution in [0, 0.1) is 12.3 Å². The Morgan fingerprint density at radius 2 is 2.11 bits per heavy atom. The lowest BCUT2D eigenvalue weighted by molar-refractivity contribution is 0.349. The summed E-state index contributed by atoms with van der Waals surface area (Å²) in [5, 5.41) is 4.15. The molecule has 1 unspecified atom stereocenters. The smallest absolute Gasteiger partial charge is 0.137 e. The molecule has 1 aromatic heterocycles. The van der Waals surface area contributed by atoms with E-state index in [1.165, 1.54) is 19.3 Å². The fraction of sp³-hybridized carbons (Fsp3) is 0.714. The van der Waals surface area contributed by atoms with Crippen LogP contribution < -0.4 is 5.32 Å². The van der Waals surface area contributed by atoms with Gasteiger partial charge in [-0.25, -0.2) is 9.97 Å². The second-order valence-electron chi connectivity index (χ2n) is 5.84. The van der Waals surface area contributed by atoms with Gasteiger partial charge in [-0.05, 0) is 25.2 Å². The van der Waals surface area contributed by atoms with Gasteiger partial charge in [-0.1, -0.05) is 38.8 Å². The largest absolute Gasteiger partial charge is 0.366 e. The molecule has 1 N–H and O–H groups in total. The monoisotopic (exact) mass is 267 g/mol. The first-order chi connectivity index (χ1) is 8.44. The predicted molar refractivity (Wildman–Crippen MR) is 76.2 cm³/mol. The molecule has 0 aliphatic heterocycles. The van der Waals surface area contributed by atoms with E-state index in [0.717, 1.165) is 23.6 Å². The normalized spacial score (nSPS) is 22.2. The van der Waals surface area contributed by atoms with Crippen molar-refractivity contribution in [3.05, 3.63) is 16.5 Å². The first-order valence-corrected chi connectivity index (χ1v) is 7.11. The Bertz CT molecular complexity index is 443. The summed E-state index contributed by atoms with van der Waals surface area (Å²) >= 11 is 6.16. The molecule has 3 nitrogen and oxygen atoms in total. The van der Waals surface area contributed by atoms with Crippen molar-refractivity contribution in [1.29, 1.82) is 0 Å². The number of nitrogens with zero attached hydrogens (tertiary/aromatic N) is 2. The molecule has 2 rings (SSSR count). The van der Waals surface area contributed by atoms with E-state index in [0.29, 0.717) is 16.6 Å². The summed E-state index contributed by atoms with van der Waals surface area (Å²) < 4.78 is 0. The first-order valence-electron chi connectivity index (χ1n) is 6.73. The minimum atomic E-state index is 0.330. The summed E-state index contributed by atoms with van der Waals surface area (Å²) in [6, 6.07) is 0.479. The molecular formula is C14H22ClN3. The summed E-state index contributed by atoms with van der Waals surface area (Å²) in [4.78, 5) is 8.85. The van der Waals surface area contributed by atoms with Crippen molar-refractivity contribution in [3.63, 3.8) is 0 Å². The van der Waals surface area contributed by atoms with Gasteiger partial charge in [0.25, 0.3) is 0 Å². The molecule has 0 aromatic carbocycles. The van der Waals surface area contributed by atoms with Gasteiger partial charge < -0.3 is 5.32 Å². The standard InChI is InChI=1S/C14H22ClN3/c1-5-11-17-12(15)9(2)13(18-11)16-10-7-6-8-14(10,3)4/h10H,5-8H2,1-4H3,(H,16,17,18). The Morgan fingerprint density at radius 3 is 2.67 bits per heavy atom. The third-order valence-electron chi connectivity index (χ3n) is 4.02. The van der Waals surface area contributed by atoms with Gasteiger partial charge in [0.05, 0.1) is 0 Å². The molecule has 0 radical (unpaired) electrons. The third-order valence-corrected chi connectivity index (χ3v) is 4.39. The van der Waals surface area contributed by atoms with Crippen LogP contribution in [0.3, 0.4) is 0 Å². The Kier molecular flexibility index (Phi) is 3.81. The molecule has 0 spiro atoms. The number of aryl methyl sites for hydroxylation is 1. The highest BCUT2D eigenvalue weighted by Gasteiger charge is 2.34. The zero-order chi connectivity index (χ0) is 13.3. The van der Waals surface area contributed by atoms with E-state index in [1.54, 1.807) is 0 Å². The van der Waals surface area contributed by atoms with Crippen molar-refractivity contribution in [2.24, 2.45) is 5.41 Å². The molecule has 0 amide bonds. The van der Waals surface area contributed by atoms with E-state index >= 15 is 0 Å². The summed E-state index contributed by atoms with van der Waals surface area (Å²) in [6.07, 6.45) is 4.56. The average Bonchev–Trinajstić information content (AvgIpc) is 2.64. The summed E-state index contributed by atoms with van der Waals surface area (Å²) in [5.41, 5.74) is 1.28. The lowest BCUT2D eigenvalue weighted by Crippen LogP contribution is -2.31. The van der Waals surface area contributed by atoms with E-state index < -0.39 is 0 Å². The van der Waals surface area contributed by atoms with Crippen molar-refractivity contribution in [1.82, 2.24) is 9.97 Å². The van der Waals surface area contributed by atoms with Crippen LogP contribution >= 0.6 is 11.6 Å². The Hall–Kier alpha value is -0.830. The van der Waals surface area contributed by atoms with E-state index in [-0.39, 0.29) is 0 Å². The maximum atomic E-state index is 6.16. The van der Waals surface area contributed by atoms with E-state index in [2.05, 4.69) is 29.1 Å². The molecule has 1 aromatic rings. The van der Waals surface area contributed by atoms with Gasteiger partial charge in [0.1, 0.15) is 16.8 Å². The van der Waals surface area contributed by atoms with Gasteiger partial charge in [-0.2, -0.15) is 0 Å². The van der Waals surface area contributed by atoms with Crippen LogP contribution in [-0.4, -0.2) is 16.0 Å². The number of anilines is 1. The minimum absolute atomic E-state index is 0.330. The number of nitrogens with one attached hydrogen (secondary N) is 1. The van der Waals surface area contributed by atoms with Gasteiger partial charge >= 0.3 is 0 Å². The van der Waals surface area contributed by atoms with Crippen molar-refractivity contribution in [2.45, 2.75) is 59.4 Å². The van der Waals surface area contributed by atoms with Crippen molar-refractivity contribution < 1.29 is 0 Å². The van der Waals surface area contributed by atoms with Crippen LogP contribution in [-0.2, 0) is 6.42 Å². The number of halogens is 1. The molecule has 1 heterocycles. The third kappa shape index (κ3) is 2.61. The van der Waals surface area contributed by atoms with Gasteiger partial charge in [-0.15, -0.1) is 0 Å². The number of hydrogen-bond donors (Lipinski definition) is 1. The molecule has 1 saturated carbocycles. The van der Waals surface area contributed by atoms with E-state index in [9.17, 15) is 0 Å². The topological polar surface area (TPSA) is 37.8 Å². The highest BCUT2D eigenvalue weighted by molar-refractivity contribution is 6.30. The molecule has 1 aliphatic rings. The lowest BCUT2D eigenvalue weighted by atomic mass is 9.87. The van der Waals surface area contributed by atoms with E-state index in [4.69, 9.17) is 11.6 Å². The Labute approximate surface area is 114 Å². The highest BCUT2D eigenvalue weighted by atomic mass is 35.5. The van der Waals surface area contributed by atoms with Crippen LogP contribution in [0.1, 0.15) is 51.4 Å². The average molecular weight is 268 g/mol.